The molecule has 10 nitrogen and oxygen atoms in total. The summed E-state index contributed by atoms with van der Waals surface area (Å²) in [7, 11) is 1.98. The van der Waals surface area contributed by atoms with Gasteiger partial charge in [-0.05, 0) is 58.5 Å². The van der Waals surface area contributed by atoms with E-state index in [9.17, 15) is 14.7 Å². The Morgan fingerprint density at radius 3 is 2.43 bits per heavy atom. The lowest BCUT2D eigenvalue weighted by Crippen LogP contribution is -2.31. The maximum atomic E-state index is 12.6. The van der Waals surface area contributed by atoms with Gasteiger partial charge in [-0.2, -0.15) is 0 Å². The summed E-state index contributed by atoms with van der Waals surface area (Å²) in [5.41, 5.74) is 12.8. The second-order valence-corrected chi connectivity index (χ2v) is 13.6. The number of rotatable bonds is 14. The Balaban J connectivity index is 1.07. The average molecular weight is 706 g/mol. The summed E-state index contributed by atoms with van der Waals surface area (Å²) < 4.78 is 15.2. The van der Waals surface area contributed by atoms with Crippen molar-refractivity contribution in [1.82, 2.24) is 14.9 Å². The van der Waals surface area contributed by atoms with Gasteiger partial charge in [0.2, 0.25) is 11.8 Å². The molecule has 11 heteroatoms. The molecule has 5 aromatic rings. The van der Waals surface area contributed by atoms with Crippen LogP contribution in [0.3, 0.4) is 0 Å². The number of aromatic nitrogens is 2. The molecule has 0 saturated carbocycles. The number of para-hydroxylation sites is 2. The third-order valence-corrected chi connectivity index (χ3v) is 9.93. The van der Waals surface area contributed by atoms with Crippen LogP contribution in [-0.2, 0) is 39.3 Å². The van der Waals surface area contributed by atoms with Crippen LogP contribution in [0.4, 0.5) is 11.4 Å². The van der Waals surface area contributed by atoms with Crippen LogP contribution >= 0.6 is 11.8 Å². The predicted octanol–water partition coefficient (Wildman–Crippen LogP) is 6.92. The van der Waals surface area contributed by atoms with E-state index in [4.69, 9.17) is 15.2 Å². The van der Waals surface area contributed by atoms with Crippen molar-refractivity contribution in [2.24, 2.45) is 7.05 Å². The number of thioether (sulfide) groups is 1. The number of aliphatic hydroxyl groups excluding tert-OH is 1. The second-order valence-electron chi connectivity index (χ2n) is 12.6. The summed E-state index contributed by atoms with van der Waals surface area (Å²) in [6.45, 7) is 0.368. The van der Waals surface area contributed by atoms with Crippen molar-refractivity contribution in [3.63, 3.8) is 0 Å². The molecule has 1 aliphatic rings. The minimum atomic E-state index is -0.581. The molecular weight excluding hydrogens is 663 g/mol. The monoisotopic (exact) mass is 705 g/mol. The molecule has 1 saturated heterocycles. The Morgan fingerprint density at radius 2 is 1.67 bits per heavy atom. The van der Waals surface area contributed by atoms with Crippen molar-refractivity contribution >= 4 is 35.0 Å². The zero-order valence-electron chi connectivity index (χ0n) is 28.5. The number of aryl methyl sites for hydroxylation is 1. The van der Waals surface area contributed by atoms with E-state index in [1.54, 1.807) is 36.2 Å². The number of aliphatic hydroxyl groups is 1. The maximum Gasteiger partial charge on any atom is 0.224 e. The summed E-state index contributed by atoms with van der Waals surface area (Å²) in [5, 5.41) is 16.2. The highest BCUT2D eigenvalue weighted by Crippen LogP contribution is 2.40. The highest BCUT2D eigenvalue weighted by Gasteiger charge is 2.32. The minimum Gasteiger partial charge on any atom is -0.397 e. The minimum absolute atomic E-state index is 0.00691. The third-order valence-electron chi connectivity index (χ3n) is 8.74. The van der Waals surface area contributed by atoms with Crippen LogP contribution in [0.5, 0.6) is 0 Å². The molecule has 1 aromatic heterocycles. The summed E-state index contributed by atoms with van der Waals surface area (Å²) in [6.07, 6.45) is 4.47. The number of hydrogen-bond acceptors (Lipinski definition) is 8. The quantitative estimate of drug-likeness (QED) is 0.0721. The third kappa shape index (κ3) is 9.86. The topological polar surface area (TPSA) is 141 Å². The van der Waals surface area contributed by atoms with E-state index in [2.05, 4.69) is 33.8 Å². The Hall–Kier alpha value is -4.94. The standard InChI is InChI=1S/C40H43N5O5S/c1-45-20-19-42-40(45)51-26-33-23-36(29-17-15-27(25-46)16-18-29)50-39(49-33)32-10-5-9-31(22-32)30-8-4-7-28(21-30)24-43-37(47)13-6-14-38(48)44-35-12-3-2-11-34(35)41/h2-5,7-12,15-22,33,36,39,46H,6,13-14,23-26,41H2,1H3,(H,43,47)(H,44,48). The number of nitrogens with one attached hydrogen (secondary N) is 2. The van der Waals surface area contributed by atoms with Gasteiger partial charge in [-0.15, -0.1) is 0 Å². The molecular formula is C40H43N5O5S. The van der Waals surface area contributed by atoms with E-state index < -0.39 is 6.29 Å². The number of nitrogens with zero attached hydrogens (tertiary/aromatic N) is 2. The predicted molar refractivity (Wildman–Crippen MR) is 199 cm³/mol. The van der Waals surface area contributed by atoms with E-state index in [-0.39, 0.29) is 43.5 Å². The molecule has 4 aromatic carbocycles. The average Bonchev–Trinajstić information content (AvgIpc) is 3.58. The van der Waals surface area contributed by atoms with E-state index in [1.807, 2.05) is 78.5 Å². The fourth-order valence-electron chi connectivity index (χ4n) is 5.93. The smallest absolute Gasteiger partial charge is 0.224 e. The lowest BCUT2D eigenvalue weighted by molar-refractivity contribution is -0.245. The molecule has 2 heterocycles. The molecule has 0 radical (unpaired) electrons. The van der Waals surface area contributed by atoms with Crippen molar-refractivity contribution in [3.05, 3.63) is 132 Å². The number of ether oxygens (including phenoxy) is 2. The van der Waals surface area contributed by atoms with E-state index >= 15 is 0 Å². The molecule has 3 unspecified atom stereocenters. The van der Waals surface area contributed by atoms with E-state index in [0.717, 1.165) is 44.3 Å². The Kier molecular flexibility index (Phi) is 12.2. The van der Waals surface area contributed by atoms with Gasteiger partial charge in [-0.1, -0.05) is 84.6 Å². The second kappa shape index (κ2) is 17.3. The maximum absolute atomic E-state index is 12.6. The fourth-order valence-corrected chi connectivity index (χ4v) is 6.88. The molecule has 0 aliphatic carbocycles. The molecule has 6 rings (SSSR count). The van der Waals surface area contributed by atoms with Gasteiger partial charge in [0.25, 0.3) is 0 Å². The first-order chi connectivity index (χ1) is 24.8. The van der Waals surface area contributed by atoms with Crippen molar-refractivity contribution < 1.29 is 24.2 Å². The highest BCUT2D eigenvalue weighted by atomic mass is 32.2. The number of benzene rings is 4. The number of amides is 2. The molecule has 2 amide bonds. The van der Waals surface area contributed by atoms with Crippen LogP contribution < -0.4 is 16.4 Å². The van der Waals surface area contributed by atoms with Gasteiger partial charge in [0.05, 0.1) is 30.2 Å². The zero-order chi connectivity index (χ0) is 35.6. The van der Waals surface area contributed by atoms with Gasteiger partial charge in [0.15, 0.2) is 11.4 Å². The number of carbonyl (C=O) groups is 2. The van der Waals surface area contributed by atoms with Gasteiger partial charge in [0, 0.05) is 56.6 Å². The molecule has 3 atom stereocenters. The molecule has 264 valence electrons. The van der Waals surface area contributed by atoms with Gasteiger partial charge in [-0.3, -0.25) is 9.59 Å². The van der Waals surface area contributed by atoms with Crippen LogP contribution in [0.25, 0.3) is 11.1 Å². The first-order valence-corrected chi connectivity index (χ1v) is 18.0. The Bertz CT molecular complexity index is 1930. The lowest BCUT2D eigenvalue weighted by Gasteiger charge is -2.36. The van der Waals surface area contributed by atoms with Crippen LogP contribution in [0.2, 0.25) is 0 Å². The first-order valence-electron chi connectivity index (χ1n) is 17.1. The number of carbonyl (C=O) groups excluding carboxylic acids is 2. The van der Waals surface area contributed by atoms with E-state index in [1.165, 1.54) is 0 Å². The van der Waals surface area contributed by atoms with Crippen LogP contribution in [0.15, 0.2) is 115 Å². The molecule has 5 N–H and O–H groups in total. The number of imidazole rings is 1. The van der Waals surface area contributed by atoms with Gasteiger partial charge in [0.1, 0.15) is 0 Å². The van der Waals surface area contributed by atoms with Crippen molar-refractivity contribution in [3.8, 4) is 11.1 Å². The molecule has 0 bridgehead atoms. The number of hydrogen-bond donors (Lipinski definition) is 4. The largest absolute Gasteiger partial charge is 0.397 e. The lowest BCUT2D eigenvalue weighted by atomic mass is 9.99. The van der Waals surface area contributed by atoms with Crippen LogP contribution in [0.1, 0.15) is 60.3 Å². The molecule has 1 aliphatic heterocycles. The SMILES string of the molecule is Cn1ccnc1SCC1CC(c2ccc(CO)cc2)OC(c2cccc(-c3cccc(CNC(=O)CCCC(=O)Nc4ccccc4N)c3)c2)O1. The van der Waals surface area contributed by atoms with Crippen LogP contribution in [-0.4, -0.2) is 38.3 Å². The summed E-state index contributed by atoms with van der Waals surface area (Å²) in [5.74, 6) is 0.433. The van der Waals surface area contributed by atoms with E-state index in [0.29, 0.717) is 30.8 Å². The van der Waals surface area contributed by atoms with Gasteiger partial charge < -0.3 is 35.5 Å². The van der Waals surface area contributed by atoms with Crippen LogP contribution in [0, 0.1) is 0 Å². The molecule has 51 heavy (non-hydrogen) atoms. The molecule has 0 spiro atoms. The Morgan fingerprint density at radius 1 is 0.902 bits per heavy atom. The van der Waals surface area contributed by atoms with Crippen molar-refractivity contribution in [1.29, 1.82) is 0 Å². The molecule has 1 fully saturated rings. The summed E-state index contributed by atoms with van der Waals surface area (Å²) >= 11 is 1.66. The normalized spacial score (nSPS) is 17.2. The zero-order valence-corrected chi connectivity index (χ0v) is 29.4. The van der Waals surface area contributed by atoms with Crippen molar-refractivity contribution in [2.45, 2.75) is 62.5 Å². The summed E-state index contributed by atoms with van der Waals surface area (Å²) in [6, 6.07) is 31.2. The number of anilines is 2. The highest BCUT2D eigenvalue weighted by molar-refractivity contribution is 7.99. The fraction of sp³-hybridized carbons (Fsp3) is 0.275. The number of nitrogens with two attached hydrogens (primary N) is 1. The van der Waals surface area contributed by atoms with Gasteiger partial charge in [-0.25, -0.2) is 4.98 Å². The first kappa shape index (κ1) is 35.9. The van der Waals surface area contributed by atoms with Crippen molar-refractivity contribution in [2.75, 3.05) is 16.8 Å². The number of nitrogen functional groups attached to an aromatic ring is 1. The summed E-state index contributed by atoms with van der Waals surface area (Å²) in [4.78, 5) is 29.4. The Labute approximate surface area is 302 Å². The van der Waals surface area contributed by atoms with Gasteiger partial charge >= 0.3 is 0 Å².